The first-order chi connectivity index (χ1) is 18.7. The molecule has 2 N–H and O–H groups in total. The molecule has 1 saturated heterocycles. The standard InChI is InChI=1S/C27H32FN5O5S/c1-18-2-5-22(6-3-18)39(36,37)30-24(27(34)35)15-21-17-33(31-29-21)25-10-13-38-26-14-19(4-7-23(25)26)16-32-11-8-20(28)9-12-32/h2-7,14,17,20,24-25,30H,8-13,15-16H2,1H3,(H,34,35)/t24-,25-/m1/s1. The number of aryl methyl sites for hydroxylation is 1. The average molecular weight is 558 g/mol. The fraction of sp³-hybridized carbons (Fsp3) is 0.444. The molecule has 0 unspecified atom stereocenters. The topological polar surface area (TPSA) is 127 Å². The Hall–Kier alpha value is -3.35. The van der Waals surface area contributed by atoms with Crippen molar-refractivity contribution in [1.82, 2.24) is 24.6 Å². The van der Waals surface area contributed by atoms with Crippen molar-refractivity contribution in [3.63, 3.8) is 0 Å². The summed E-state index contributed by atoms with van der Waals surface area (Å²) < 4.78 is 48.9. The van der Waals surface area contributed by atoms with Crippen molar-refractivity contribution in [3.8, 4) is 5.75 Å². The van der Waals surface area contributed by atoms with E-state index in [1.807, 2.05) is 25.1 Å². The number of benzene rings is 2. The molecular formula is C27H32FN5O5S. The molecule has 0 saturated carbocycles. The van der Waals surface area contributed by atoms with E-state index in [1.54, 1.807) is 23.0 Å². The third-order valence-corrected chi connectivity index (χ3v) is 8.71. The maximum atomic E-state index is 13.5. The predicted molar refractivity (Wildman–Crippen MR) is 141 cm³/mol. The molecule has 39 heavy (non-hydrogen) atoms. The summed E-state index contributed by atoms with van der Waals surface area (Å²) in [6, 6.07) is 10.7. The number of hydrogen-bond acceptors (Lipinski definition) is 7. The zero-order chi connectivity index (χ0) is 27.6. The number of ether oxygens (including phenoxy) is 1. The molecule has 3 aromatic rings. The van der Waals surface area contributed by atoms with Gasteiger partial charge in [0.15, 0.2) is 0 Å². The van der Waals surface area contributed by atoms with Gasteiger partial charge in [0.05, 0.1) is 23.2 Å². The molecule has 1 aromatic heterocycles. The van der Waals surface area contributed by atoms with Gasteiger partial charge in [-0.25, -0.2) is 17.5 Å². The van der Waals surface area contributed by atoms with Crippen LogP contribution in [0.15, 0.2) is 53.6 Å². The van der Waals surface area contributed by atoms with E-state index in [1.165, 1.54) is 12.1 Å². The van der Waals surface area contributed by atoms with Crippen LogP contribution in [0.5, 0.6) is 5.75 Å². The Balaban J connectivity index is 1.28. The Kier molecular flexibility index (Phi) is 7.96. The highest BCUT2D eigenvalue weighted by Gasteiger charge is 2.29. The van der Waals surface area contributed by atoms with Gasteiger partial charge in [-0.3, -0.25) is 9.69 Å². The number of hydrogen-bond donors (Lipinski definition) is 2. The fourth-order valence-corrected chi connectivity index (χ4v) is 6.22. The smallest absolute Gasteiger partial charge is 0.322 e. The van der Waals surface area contributed by atoms with Crippen molar-refractivity contribution >= 4 is 16.0 Å². The highest BCUT2D eigenvalue weighted by Crippen LogP contribution is 2.35. The third kappa shape index (κ3) is 6.45. The van der Waals surface area contributed by atoms with E-state index in [0.29, 0.717) is 31.6 Å². The lowest BCUT2D eigenvalue weighted by Crippen LogP contribution is -2.42. The summed E-state index contributed by atoms with van der Waals surface area (Å²) in [5.41, 5.74) is 3.29. The molecule has 2 aliphatic rings. The molecule has 1 fully saturated rings. The van der Waals surface area contributed by atoms with Gasteiger partial charge in [-0.05, 0) is 43.5 Å². The number of carbonyl (C=O) groups is 1. The molecule has 0 spiro atoms. The number of nitrogens with one attached hydrogen (secondary N) is 1. The van der Waals surface area contributed by atoms with Gasteiger partial charge in [-0.15, -0.1) is 5.10 Å². The van der Waals surface area contributed by atoms with E-state index in [2.05, 4.69) is 19.9 Å². The lowest BCUT2D eigenvalue weighted by Gasteiger charge is -2.30. The normalized spacial score (nSPS) is 19.3. The second kappa shape index (κ2) is 11.4. The highest BCUT2D eigenvalue weighted by molar-refractivity contribution is 7.89. The summed E-state index contributed by atoms with van der Waals surface area (Å²) in [6.07, 6.45) is 2.57. The number of aliphatic carboxylic acids is 1. The van der Waals surface area contributed by atoms with Crippen LogP contribution in [0.2, 0.25) is 0 Å². The summed E-state index contributed by atoms with van der Waals surface area (Å²) in [5.74, 6) is -0.546. The minimum absolute atomic E-state index is 0.00641. The van der Waals surface area contributed by atoms with Gasteiger partial charge in [-0.2, -0.15) is 4.72 Å². The van der Waals surface area contributed by atoms with E-state index in [-0.39, 0.29) is 17.4 Å². The average Bonchev–Trinajstić information content (AvgIpc) is 3.37. The minimum Gasteiger partial charge on any atom is -0.493 e. The molecule has 0 radical (unpaired) electrons. The van der Waals surface area contributed by atoms with E-state index in [9.17, 15) is 22.7 Å². The first-order valence-corrected chi connectivity index (χ1v) is 14.5. The van der Waals surface area contributed by atoms with Gasteiger partial charge in [0, 0.05) is 44.2 Å². The SMILES string of the molecule is Cc1ccc(S(=O)(=O)N[C@H](Cc2cn([C@@H]3CCOc4cc(CN5CCC(F)CC5)ccc43)nn2)C(=O)O)cc1. The Morgan fingerprint density at radius 1 is 1.18 bits per heavy atom. The molecule has 0 amide bonds. The van der Waals surface area contributed by atoms with E-state index >= 15 is 0 Å². The second-order valence-electron chi connectivity index (χ2n) is 10.2. The quantitative estimate of drug-likeness (QED) is 0.411. The number of fused-ring (bicyclic) bond motifs is 1. The van der Waals surface area contributed by atoms with Gasteiger partial charge >= 0.3 is 5.97 Å². The lowest BCUT2D eigenvalue weighted by molar-refractivity contribution is -0.138. The first kappa shape index (κ1) is 27.2. The van der Waals surface area contributed by atoms with Gasteiger partial charge < -0.3 is 9.84 Å². The van der Waals surface area contributed by atoms with Gasteiger partial charge in [0.25, 0.3) is 0 Å². The van der Waals surface area contributed by atoms with Crippen molar-refractivity contribution in [2.45, 2.75) is 62.3 Å². The Morgan fingerprint density at radius 2 is 1.92 bits per heavy atom. The van der Waals surface area contributed by atoms with E-state index < -0.39 is 28.2 Å². The zero-order valence-electron chi connectivity index (χ0n) is 21.7. The summed E-state index contributed by atoms with van der Waals surface area (Å²) in [4.78, 5) is 14.1. The molecule has 2 aliphatic heterocycles. The number of alkyl halides is 1. The van der Waals surface area contributed by atoms with Crippen LogP contribution >= 0.6 is 0 Å². The van der Waals surface area contributed by atoms with E-state index in [0.717, 1.165) is 42.1 Å². The number of aromatic nitrogens is 3. The van der Waals surface area contributed by atoms with Gasteiger partial charge in [0.1, 0.15) is 18.0 Å². The van der Waals surface area contributed by atoms with Crippen LogP contribution in [-0.2, 0) is 27.8 Å². The van der Waals surface area contributed by atoms with Crippen LogP contribution in [0.4, 0.5) is 4.39 Å². The first-order valence-electron chi connectivity index (χ1n) is 13.0. The molecule has 208 valence electrons. The summed E-state index contributed by atoms with van der Waals surface area (Å²) in [6.45, 7) is 4.53. The molecule has 0 bridgehead atoms. The van der Waals surface area contributed by atoms with Crippen LogP contribution in [0, 0.1) is 6.92 Å². The molecule has 3 heterocycles. The molecule has 5 rings (SSSR count). The number of halogens is 1. The van der Waals surface area contributed by atoms with Crippen molar-refractivity contribution in [1.29, 1.82) is 0 Å². The van der Waals surface area contributed by atoms with Crippen molar-refractivity contribution in [3.05, 3.63) is 71.0 Å². The molecular weight excluding hydrogens is 525 g/mol. The van der Waals surface area contributed by atoms with Crippen molar-refractivity contribution < 1.29 is 27.4 Å². The molecule has 10 nitrogen and oxygen atoms in total. The van der Waals surface area contributed by atoms with Crippen LogP contribution < -0.4 is 9.46 Å². The van der Waals surface area contributed by atoms with Crippen LogP contribution in [0.1, 0.15) is 47.7 Å². The summed E-state index contributed by atoms with van der Waals surface area (Å²) in [7, 11) is -4.04. The minimum atomic E-state index is -4.04. The summed E-state index contributed by atoms with van der Waals surface area (Å²) in [5, 5.41) is 18.1. The number of rotatable bonds is 9. The molecule has 2 atom stereocenters. The number of carboxylic acid groups (broad SMARTS) is 1. The highest BCUT2D eigenvalue weighted by atomic mass is 32.2. The lowest BCUT2D eigenvalue weighted by atomic mass is 9.98. The maximum Gasteiger partial charge on any atom is 0.322 e. The van der Waals surface area contributed by atoms with Crippen LogP contribution in [0.3, 0.4) is 0 Å². The Bertz CT molecular complexity index is 1420. The predicted octanol–water partition coefficient (Wildman–Crippen LogP) is 2.87. The Labute approximate surface area is 226 Å². The fourth-order valence-electron chi connectivity index (χ4n) is 5.03. The molecule has 12 heteroatoms. The van der Waals surface area contributed by atoms with E-state index in [4.69, 9.17) is 4.74 Å². The Morgan fingerprint density at radius 3 is 2.64 bits per heavy atom. The van der Waals surface area contributed by atoms with Crippen molar-refractivity contribution in [2.24, 2.45) is 0 Å². The van der Waals surface area contributed by atoms with Crippen molar-refractivity contribution in [2.75, 3.05) is 19.7 Å². The summed E-state index contributed by atoms with van der Waals surface area (Å²) >= 11 is 0. The number of piperidine rings is 1. The molecule has 2 aromatic carbocycles. The van der Waals surface area contributed by atoms with Crippen LogP contribution in [0.25, 0.3) is 0 Å². The zero-order valence-corrected chi connectivity index (χ0v) is 22.5. The van der Waals surface area contributed by atoms with Gasteiger partial charge in [-0.1, -0.05) is 35.0 Å². The monoisotopic (exact) mass is 557 g/mol. The van der Waals surface area contributed by atoms with Gasteiger partial charge in [0.2, 0.25) is 10.0 Å². The second-order valence-corrected chi connectivity index (χ2v) is 11.9. The maximum absolute atomic E-state index is 13.5. The van der Waals surface area contributed by atoms with Crippen LogP contribution in [-0.4, -0.2) is 71.3 Å². The largest absolute Gasteiger partial charge is 0.493 e. The third-order valence-electron chi connectivity index (χ3n) is 7.23. The molecule has 0 aliphatic carbocycles. The number of likely N-dealkylation sites (tertiary alicyclic amines) is 1. The number of nitrogens with zero attached hydrogens (tertiary/aromatic N) is 4. The number of sulfonamides is 1. The number of carboxylic acids is 1.